The minimum Gasteiger partial charge on any atom is -0.391 e. The first kappa shape index (κ1) is 14.3. The van der Waals surface area contributed by atoms with Crippen molar-refractivity contribution in [2.75, 3.05) is 38.5 Å². The van der Waals surface area contributed by atoms with Crippen LogP contribution in [0.25, 0.3) is 0 Å². The molecule has 1 fully saturated rings. The van der Waals surface area contributed by atoms with Crippen molar-refractivity contribution in [1.29, 1.82) is 0 Å². The maximum Gasteiger partial charge on any atom is 0.0760 e. The molecule has 100 valence electrons. The van der Waals surface area contributed by atoms with Gasteiger partial charge in [-0.05, 0) is 18.2 Å². The summed E-state index contributed by atoms with van der Waals surface area (Å²) in [5.74, 6) is 0.750. The predicted molar refractivity (Wildman–Crippen MR) is 80.2 cm³/mol. The highest BCUT2D eigenvalue weighted by atomic mass is 79.9. The summed E-state index contributed by atoms with van der Waals surface area (Å²) in [5, 5.41) is 13.4. The number of rotatable bonds is 5. The first-order valence-corrected chi connectivity index (χ1v) is 8.01. The smallest absolute Gasteiger partial charge is 0.0760 e. The SMILES string of the molecule is OC(CSc1cccc(Br)c1)CN1CCNCC1. The zero-order valence-electron chi connectivity index (χ0n) is 10.3. The number of aliphatic hydroxyl groups excluding tert-OH is 1. The summed E-state index contributed by atoms with van der Waals surface area (Å²) >= 11 is 5.17. The van der Waals surface area contributed by atoms with E-state index < -0.39 is 0 Å². The van der Waals surface area contributed by atoms with Crippen LogP contribution in [0.2, 0.25) is 0 Å². The van der Waals surface area contributed by atoms with Crippen molar-refractivity contribution in [3.05, 3.63) is 28.7 Å². The van der Waals surface area contributed by atoms with Crippen LogP contribution in [0, 0.1) is 0 Å². The Morgan fingerprint density at radius 2 is 2.17 bits per heavy atom. The molecule has 0 amide bonds. The van der Waals surface area contributed by atoms with Crippen LogP contribution < -0.4 is 5.32 Å². The van der Waals surface area contributed by atoms with E-state index in [1.54, 1.807) is 11.8 Å². The summed E-state index contributed by atoms with van der Waals surface area (Å²) in [7, 11) is 0. The van der Waals surface area contributed by atoms with E-state index in [-0.39, 0.29) is 6.10 Å². The molecule has 1 unspecified atom stereocenters. The number of nitrogens with one attached hydrogen (secondary N) is 1. The van der Waals surface area contributed by atoms with Crippen molar-refractivity contribution in [1.82, 2.24) is 10.2 Å². The minimum absolute atomic E-state index is 0.257. The van der Waals surface area contributed by atoms with Crippen LogP contribution >= 0.6 is 27.7 Å². The fourth-order valence-electron chi connectivity index (χ4n) is 1.99. The number of piperazine rings is 1. The Morgan fingerprint density at radius 3 is 2.89 bits per heavy atom. The summed E-state index contributed by atoms with van der Waals surface area (Å²) in [4.78, 5) is 3.52. The zero-order chi connectivity index (χ0) is 12.8. The lowest BCUT2D eigenvalue weighted by Crippen LogP contribution is -2.46. The molecule has 1 aliphatic rings. The van der Waals surface area contributed by atoms with Crippen LogP contribution in [0.4, 0.5) is 0 Å². The van der Waals surface area contributed by atoms with Crippen LogP contribution in [0.1, 0.15) is 0 Å². The number of benzene rings is 1. The molecule has 2 rings (SSSR count). The molecule has 1 atom stereocenters. The number of halogens is 1. The highest BCUT2D eigenvalue weighted by molar-refractivity contribution is 9.10. The largest absolute Gasteiger partial charge is 0.391 e. The van der Waals surface area contributed by atoms with Gasteiger partial charge in [0.15, 0.2) is 0 Å². The molecule has 1 aromatic carbocycles. The van der Waals surface area contributed by atoms with Gasteiger partial charge in [0, 0.05) is 47.8 Å². The number of hydrogen-bond acceptors (Lipinski definition) is 4. The molecule has 1 saturated heterocycles. The zero-order valence-corrected chi connectivity index (χ0v) is 12.7. The van der Waals surface area contributed by atoms with Gasteiger partial charge in [0.2, 0.25) is 0 Å². The van der Waals surface area contributed by atoms with Gasteiger partial charge >= 0.3 is 0 Å². The lowest BCUT2D eigenvalue weighted by molar-refractivity contribution is 0.121. The van der Waals surface area contributed by atoms with Crippen molar-refractivity contribution in [3.8, 4) is 0 Å². The van der Waals surface area contributed by atoms with Gasteiger partial charge < -0.3 is 10.4 Å². The fraction of sp³-hybridized carbons (Fsp3) is 0.538. The van der Waals surface area contributed by atoms with Crippen molar-refractivity contribution in [2.24, 2.45) is 0 Å². The molecule has 0 radical (unpaired) electrons. The quantitative estimate of drug-likeness (QED) is 0.807. The first-order chi connectivity index (χ1) is 8.74. The highest BCUT2D eigenvalue weighted by Gasteiger charge is 2.14. The molecule has 1 aliphatic heterocycles. The summed E-state index contributed by atoms with van der Waals surface area (Å²) < 4.78 is 1.09. The Labute approximate surface area is 121 Å². The van der Waals surface area contributed by atoms with Gasteiger partial charge in [0.1, 0.15) is 0 Å². The fourth-order valence-corrected chi connectivity index (χ4v) is 3.42. The average molecular weight is 331 g/mol. The van der Waals surface area contributed by atoms with E-state index in [0.29, 0.717) is 0 Å². The number of hydrogen-bond donors (Lipinski definition) is 2. The maximum absolute atomic E-state index is 10.0. The van der Waals surface area contributed by atoms with Gasteiger partial charge in [0.25, 0.3) is 0 Å². The summed E-state index contributed by atoms with van der Waals surface area (Å²) in [6.07, 6.45) is -0.257. The molecule has 18 heavy (non-hydrogen) atoms. The lowest BCUT2D eigenvalue weighted by Gasteiger charge is -2.28. The average Bonchev–Trinajstić information content (AvgIpc) is 2.38. The lowest BCUT2D eigenvalue weighted by atomic mass is 10.3. The van der Waals surface area contributed by atoms with E-state index in [9.17, 15) is 5.11 Å². The van der Waals surface area contributed by atoms with Crippen molar-refractivity contribution >= 4 is 27.7 Å². The van der Waals surface area contributed by atoms with Gasteiger partial charge in [-0.1, -0.05) is 22.0 Å². The Morgan fingerprint density at radius 1 is 1.39 bits per heavy atom. The molecular weight excluding hydrogens is 312 g/mol. The van der Waals surface area contributed by atoms with E-state index in [0.717, 1.165) is 42.9 Å². The number of nitrogens with zero attached hydrogens (tertiary/aromatic N) is 1. The normalized spacial score (nSPS) is 18.8. The molecular formula is C13H19BrN2OS. The van der Waals surface area contributed by atoms with Crippen LogP contribution in [0.15, 0.2) is 33.6 Å². The molecule has 0 saturated carbocycles. The van der Waals surface area contributed by atoms with Gasteiger partial charge in [-0.25, -0.2) is 0 Å². The van der Waals surface area contributed by atoms with E-state index in [2.05, 4.69) is 38.3 Å². The third-order valence-electron chi connectivity index (χ3n) is 2.92. The monoisotopic (exact) mass is 330 g/mol. The molecule has 0 bridgehead atoms. The molecule has 2 N–H and O–H groups in total. The topological polar surface area (TPSA) is 35.5 Å². The second kappa shape index (κ2) is 7.50. The number of β-amino-alcohol motifs (C(OH)–C–C–N with tert-alkyl or cyclic N) is 1. The maximum atomic E-state index is 10.0. The minimum atomic E-state index is -0.257. The third-order valence-corrected chi connectivity index (χ3v) is 4.55. The molecule has 5 heteroatoms. The van der Waals surface area contributed by atoms with E-state index in [4.69, 9.17) is 0 Å². The molecule has 1 aromatic rings. The van der Waals surface area contributed by atoms with Gasteiger partial charge in [-0.15, -0.1) is 11.8 Å². The number of aliphatic hydroxyl groups is 1. The van der Waals surface area contributed by atoms with Crippen molar-refractivity contribution in [2.45, 2.75) is 11.0 Å². The van der Waals surface area contributed by atoms with Crippen LogP contribution in [0.5, 0.6) is 0 Å². The van der Waals surface area contributed by atoms with E-state index in [1.807, 2.05) is 12.1 Å². The second-order valence-corrected chi connectivity index (χ2v) is 6.48. The molecule has 3 nitrogen and oxygen atoms in total. The molecule has 1 heterocycles. The molecule has 0 aliphatic carbocycles. The Balaban J connectivity index is 1.72. The first-order valence-electron chi connectivity index (χ1n) is 6.23. The second-order valence-electron chi connectivity index (χ2n) is 4.47. The van der Waals surface area contributed by atoms with Gasteiger partial charge in [-0.3, -0.25) is 4.90 Å². The number of thioether (sulfide) groups is 1. The molecule has 0 aromatic heterocycles. The third kappa shape index (κ3) is 4.90. The standard InChI is InChI=1S/C13H19BrN2OS/c14-11-2-1-3-13(8-11)18-10-12(17)9-16-6-4-15-5-7-16/h1-3,8,12,15,17H,4-7,9-10H2. The Bertz CT molecular complexity index is 372. The van der Waals surface area contributed by atoms with Crippen LogP contribution in [-0.2, 0) is 0 Å². The molecule has 0 spiro atoms. The van der Waals surface area contributed by atoms with Crippen molar-refractivity contribution < 1.29 is 5.11 Å². The Kier molecular flexibility index (Phi) is 5.98. The van der Waals surface area contributed by atoms with Gasteiger partial charge in [0.05, 0.1) is 6.10 Å². The summed E-state index contributed by atoms with van der Waals surface area (Å²) in [6, 6.07) is 8.20. The summed E-state index contributed by atoms with van der Waals surface area (Å²) in [5.41, 5.74) is 0. The van der Waals surface area contributed by atoms with Gasteiger partial charge in [-0.2, -0.15) is 0 Å². The van der Waals surface area contributed by atoms with E-state index >= 15 is 0 Å². The van der Waals surface area contributed by atoms with Crippen molar-refractivity contribution in [3.63, 3.8) is 0 Å². The highest BCUT2D eigenvalue weighted by Crippen LogP contribution is 2.22. The Hall–Kier alpha value is -0.0700. The predicted octanol–water partition coefficient (Wildman–Crippen LogP) is 1.81. The van der Waals surface area contributed by atoms with Crippen LogP contribution in [-0.4, -0.2) is 54.6 Å². The van der Waals surface area contributed by atoms with E-state index in [1.165, 1.54) is 4.90 Å². The van der Waals surface area contributed by atoms with Crippen LogP contribution in [0.3, 0.4) is 0 Å². The summed E-state index contributed by atoms with van der Waals surface area (Å²) in [6.45, 7) is 4.93.